The molecule has 2 aromatic carbocycles. The number of nitriles is 1. The zero-order valence-corrected chi connectivity index (χ0v) is 14.0. The standard InChI is InChI=1S/C21H20N2O2/c22-14-21(10-11-21)17-7-5-15(6-8-17)20(25)23-12-9-19(24)18-4-2-1-3-16(18)13-23/h1-8,19,24H,9-13H2. The van der Waals surface area contributed by atoms with Gasteiger partial charge in [0, 0.05) is 18.7 Å². The molecular formula is C21H20N2O2. The van der Waals surface area contributed by atoms with Gasteiger partial charge in [0.15, 0.2) is 0 Å². The van der Waals surface area contributed by atoms with Gasteiger partial charge in [-0.25, -0.2) is 0 Å². The maximum Gasteiger partial charge on any atom is 0.254 e. The molecule has 1 N–H and O–H groups in total. The third kappa shape index (κ3) is 2.81. The molecule has 4 nitrogen and oxygen atoms in total. The fourth-order valence-corrected chi connectivity index (χ4v) is 3.60. The SMILES string of the molecule is N#CC1(c2ccc(C(=O)N3CCC(O)c4ccccc4C3)cc2)CC1. The van der Waals surface area contributed by atoms with Crippen molar-refractivity contribution in [1.29, 1.82) is 5.26 Å². The lowest BCUT2D eigenvalue weighted by molar-refractivity contribution is 0.0723. The number of carbonyl (C=O) groups is 1. The van der Waals surface area contributed by atoms with Crippen LogP contribution in [0, 0.1) is 11.3 Å². The Hall–Kier alpha value is -2.64. The van der Waals surface area contributed by atoms with E-state index >= 15 is 0 Å². The fraction of sp³-hybridized carbons (Fsp3) is 0.333. The van der Waals surface area contributed by atoms with Crippen LogP contribution in [0.5, 0.6) is 0 Å². The van der Waals surface area contributed by atoms with Gasteiger partial charge in [-0.3, -0.25) is 4.79 Å². The molecule has 25 heavy (non-hydrogen) atoms. The zero-order valence-electron chi connectivity index (χ0n) is 14.0. The highest BCUT2D eigenvalue weighted by atomic mass is 16.3. The van der Waals surface area contributed by atoms with Crippen molar-refractivity contribution in [3.05, 3.63) is 70.8 Å². The monoisotopic (exact) mass is 332 g/mol. The van der Waals surface area contributed by atoms with Crippen molar-refractivity contribution >= 4 is 5.91 Å². The molecule has 0 aromatic heterocycles. The van der Waals surface area contributed by atoms with Gasteiger partial charge >= 0.3 is 0 Å². The highest BCUT2D eigenvalue weighted by molar-refractivity contribution is 5.94. The second kappa shape index (κ2) is 6.02. The number of nitrogens with zero attached hydrogens (tertiary/aromatic N) is 2. The summed E-state index contributed by atoms with van der Waals surface area (Å²) in [5, 5.41) is 19.6. The summed E-state index contributed by atoms with van der Waals surface area (Å²) in [7, 11) is 0. The van der Waals surface area contributed by atoms with Crippen molar-refractivity contribution in [2.75, 3.05) is 6.54 Å². The fourth-order valence-electron chi connectivity index (χ4n) is 3.60. The molecule has 126 valence electrons. The lowest BCUT2D eigenvalue weighted by Gasteiger charge is -2.21. The minimum atomic E-state index is -0.526. The van der Waals surface area contributed by atoms with Crippen LogP contribution in [-0.4, -0.2) is 22.5 Å². The van der Waals surface area contributed by atoms with E-state index in [-0.39, 0.29) is 11.3 Å². The van der Waals surface area contributed by atoms with Crippen LogP contribution < -0.4 is 0 Å². The highest BCUT2D eigenvalue weighted by Gasteiger charge is 2.44. The van der Waals surface area contributed by atoms with E-state index in [0.29, 0.717) is 25.1 Å². The molecule has 1 fully saturated rings. The number of hydrogen-bond acceptors (Lipinski definition) is 3. The summed E-state index contributed by atoms with van der Waals surface area (Å²) in [5.41, 5.74) is 3.22. The Morgan fingerprint density at radius 2 is 1.88 bits per heavy atom. The average molecular weight is 332 g/mol. The van der Waals surface area contributed by atoms with Crippen LogP contribution in [0.3, 0.4) is 0 Å². The van der Waals surface area contributed by atoms with E-state index in [1.807, 2.05) is 48.5 Å². The molecular weight excluding hydrogens is 312 g/mol. The number of amides is 1. The molecule has 1 unspecified atom stereocenters. The van der Waals surface area contributed by atoms with Crippen molar-refractivity contribution in [3.8, 4) is 6.07 Å². The van der Waals surface area contributed by atoms with E-state index in [4.69, 9.17) is 0 Å². The van der Waals surface area contributed by atoms with Crippen molar-refractivity contribution in [2.24, 2.45) is 0 Å². The zero-order chi connectivity index (χ0) is 17.4. The molecule has 1 aliphatic carbocycles. The molecule has 4 rings (SSSR count). The first-order valence-corrected chi connectivity index (χ1v) is 8.70. The molecule has 1 atom stereocenters. The smallest absolute Gasteiger partial charge is 0.254 e. The van der Waals surface area contributed by atoms with Crippen LogP contribution in [0.4, 0.5) is 0 Å². The Morgan fingerprint density at radius 3 is 2.56 bits per heavy atom. The van der Waals surface area contributed by atoms with E-state index in [9.17, 15) is 15.2 Å². The quantitative estimate of drug-likeness (QED) is 0.917. The summed E-state index contributed by atoms with van der Waals surface area (Å²) in [6.07, 6.45) is 1.81. The number of aliphatic hydroxyl groups excluding tert-OH is 1. The lowest BCUT2D eigenvalue weighted by atomic mass is 9.96. The second-order valence-electron chi connectivity index (χ2n) is 7.00. The summed E-state index contributed by atoms with van der Waals surface area (Å²) >= 11 is 0. The van der Waals surface area contributed by atoms with E-state index in [2.05, 4.69) is 6.07 Å². The van der Waals surface area contributed by atoms with Crippen molar-refractivity contribution in [1.82, 2.24) is 4.90 Å². The molecule has 2 aromatic rings. The molecule has 1 heterocycles. The van der Waals surface area contributed by atoms with E-state index in [0.717, 1.165) is 29.5 Å². The van der Waals surface area contributed by atoms with Gasteiger partial charge in [0.2, 0.25) is 0 Å². The van der Waals surface area contributed by atoms with Crippen molar-refractivity contribution < 1.29 is 9.90 Å². The topological polar surface area (TPSA) is 64.3 Å². The number of benzene rings is 2. The summed E-state index contributed by atoms with van der Waals surface area (Å²) < 4.78 is 0. The van der Waals surface area contributed by atoms with Gasteiger partial charge in [-0.05, 0) is 48.1 Å². The largest absolute Gasteiger partial charge is 0.388 e. The number of rotatable bonds is 2. The van der Waals surface area contributed by atoms with E-state index < -0.39 is 6.10 Å². The Morgan fingerprint density at radius 1 is 1.16 bits per heavy atom. The first-order valence-electron chi connectivity index (χ1n) is 8.70. The first kappa shape index (κ1) is 15.9. The van der Waals surface area contributed by atoms with E-state index in [1.165, 1.54) is 0 Å². The van der Waals surface area contributed by atoms with Crippen LogP contribution in [0.1, 0.15) is 52.4 Å². The maximum atomic E-state index is 12.9. The van der Waals surface area contributed by atoms with Gasteiger partial charge in [-0.15, -0.1) is 0 Å². The third-order valence-electron chi connectivity index (χ3n) is 5.38. The van der Waals surface area contributed by atoms with Crippen LogP contribution in [-0.2, 0) is 12.0 Å². The predicted octanol–water partition coefficient (Wildman–Crippen LogP) is 3.32. The molecule has 1 aliphatic heterocycles. The summed E-state index contributed by atoms with van der Waals surface area (Å²) in [5.74, 6) is -0.0303. The van der Waals surface area contributed by atoms with Gasteiger partial charge in [0.1, 0.15) is 0 Å². The molecule has 0 bridgehead atoms. The average Bonchev–Trinajstić information content (AvgIpc) is 3.47. The minimum absolute atomic E-state index is 0.0303. The summed E-state index contributed by atoms with van der Waals surface area (Å²) in [6.45, 7) is 1.04. The number of carbonyl (C=O) groups excluding carboxylic acids is 1. The van der Waals surface area contributed by atoms with Crippen molar-refractivity contribution in [2.45, 2.75) is 37.3 Å². The van der Waals surface area contributed by atoms with Gasteiger partial charge < -0.3 is 10.0 Å². The molecule has 4 heteroatoms. The van der Waals surface area contributed by atoms with Gasteiger partial charge in [-0.1, -0.05) is 36.4 Å². The third-order valence-corrected chi connectivity index (χ3v) is 5.38. The second-order valence-corrected chi connectivity index (χ2v) is 7.00. The van der Waals surface area contributed by atoms with Crippen LogP contribution in [0.25, 0.3) is 0 Å². The van der Waals surface area contributed by atoms with E-state index in [1.54, 1.807) is 4.90 Å². The lowest BCUT2D eigenvalue weighted by Crippen LogP contribution is -2.30. The number of aliphatic hydroxyl groups is 1. The van der Waals surface area contributed by atoms with Gasteiger partial charge in [0.05, 0.1) is 17.6 Å². The maximum absolute atomic E-state index is 12.9. The Labute approximate surface area is 147 Å². The minimum Gasteiger partial charge on any atom is -0.388 e. The Bertz CT molecular complexity index is 847. The highest BCUT2D eigenvalue weighted by Crippen LogP contribution is 2.47. The molecule has 1 saturated carbocycles. The molecule has 2 aliphatic rings. The first-order chi connectivity index (χ1) is 12.1. The van der Waals surface area contributed by atoms with Crippen LogP contribution >= 0.6 is 0 Å². The predicted molar refractivity (Wildman–Crippen MR) is 93.7 cm³/mol. The number of fused-ring (bicyclic) bond motifs is 1. The molecule has 0 spiro atoms. The molecule has 1 amide bonds. The normalized spacial score (nSPS) is 21.0. The summed E-state index contributed by atoms with van der Waals surface area (Å²) in [4.78, 5) is 14.7. The van der Waals surface area contributed by atoms with Gasteiger partial charge in [0.25, 0.3) is 5.91 Å². The Kier molecular flexibility index (Phi) is 3.82. The summed E-state index contributed by atoms with van der Waals surface area (Å²) in [6, 6.07) is 17.6. The number of hydrogen-bond donors (Lipinski definition) is 1. The Balaban J connectivity index is 1.56. The van der Waals surface area contributed by atoms with Crippen LogP contribution in [0.2, 0.25) is 0 Å². The molecule has 0 saturated heterocycles. The van der Waals surface area contributed by atoms with Crippen LogP contribution in [0.15, 0.2) is 48.5 Å². The van der Waals surface area contributed by atoms with Gasteiger partial charge in [-0.2, -0.15) is 5.26 Å². The van der Waals surface area contributed by atoms with Crippen molar-refractivity contribution in [3.63, 3.8) is 0 Å². The molecule has 0 radical (unpaired) electrons.